The summed E-state index contributed by atoms with van der Waals surface area (Å²) in [7, 11) is 0. The van der Waals surface area contributed by atoms with E-state index in [-0.39, 0.29) is 16.7 Å². The van der Waals surface area contributed by atoms with Crippen LogP contribution in [0.3, 0.4) is 0 Å². The quantitative estimate of drug-likeness (QED) is 0.833. The minimum Gasteiger partial charge on any atom is -0.478 e. The number of rotatable bonds is 4. The molecule has 0 fully saturated rings. The molecule has 0 saturated heterocycles. The molecule has 0 heterocycles. The third-order valence-electron chi connectivity index (χ3n) is 2.14. The maximum Gasteiger partial charge on any atom is 0.573 e. The molecule has 2 N–H and O–H groups in total. The molecule has 0 radical (unpaired) electrons. The fraction of sp³-hybridized carbons (Fsp3) is 0.300. The first-order valence-electron chi connectivity index (χ1n) is 4.80. The number of halogens is 3. The van der Waals surface area contributed by atoms with E-state index in [0.717, 1.165) is 12.1 Å². The summed E-state index contributed by atoms with van der Waals surface area (Å²) in [4.78, 5) is 10.9. The van der Waals surface area contributed by atoms with Gasteiger partial charge < -0.3 is 14.4 Å². The van der Waals surface area contributed by atoms with Gasteiger partial charge in [-0.25, -0.2) is 9.00 Å². The van der Waals surface area contributed by atoms with Gasteiger partial charge in [0.05, 0.1) is 11.3 Å². The van der Waals surface area contributed by atoms with Crippen LogP contribution in [0.25, 0.3) is 0 Å². The van der Waals surface area contributed by atoms with Gasteiger partial charge in [-0.15, -0.1) is 13.2 Å². The zero-order chi connectivity index (χ0) is 14.8. The number of ether oxygens (including phenoxy) is 1. The lowest BCUT2D eigenvalue weighted by atomic mass is 10.0. The summed E-state index contributed by atoms with van der Waals surface area (Å²) in [5, 5.41) is 8.85. The first-order chi connectivity index (χ1) is 8.60. The van der Waals surface area contributed by atoms with Gasteiger partial charge in [0.15, 0.2) is 11.1 Å². The van der Waals surface area contributed by atoms with E-state index in [9.17, 15) is 22.2 Å². The van der Waals surface area contributed by atoms with Gasteiger partial charge in [-0.05, 0) is 24.6 Å². The molecular formula is C10H9F3O5S. The Balaban J connectivity index is 3.31. The number of hydrogen-bond donors (Lipinski definition) is 2. The highest BCUT2D eigenvalue weighted by Crippen LogP contribution is 2.30. The lowest BCUT2D eigenvalue weighted by molar-refractivity contribution is -0.274. The topological polar surface area (TPSA) is 83.8 Å². The Hall–Kier alpha value is -1.61. The molecule has 0 aromatic heterocycles. The van der Waals surface area contributed by atoms with Crippen molar-refractivity contribution in [3.05, 3.63) is 28.8 Å². The van der Waals surface area contributed by atoms with Crippen molar-refractivity contribution >= 4 is 17.0 Å². The molecular weight excluding hydrogens is 289 g/mol. The Labute approximate surface area is 108 Å². The van der Waals surface area contributed by atoms with Crippen LogP contribution in [-0.4, -0.2) is 26.2 Å². The summed E-state index contributed by atoms with van der Waals surface area (Å²) in [6, 6.07) is 1.77. The molecule has 0 aliphatic heterocycles. The minimum atomic E-state index is -4.97. The van der Waals surface area contributed by atoms with Crippen LogP contribution in [0.2, 0.25) is 0 Å². The molecule has 0 amide bonds. The van der Waals surface area contributed by atoms with Gasteiger partial charge in [0, 0.05) is 5.56 Å². The normalized spacial score (nSPS) is 13.1. The van der Waals surface area contributed by atoms with Crippen molar-refractivity contribution in [2.75, 3.05) is 0 Å². The van der Waals surface area contributed by atoms with E-state index in [1.807, 2.05) is 0 Å². The van der Waals surface area contributed by atoms with Crippen LogP contribution < -0.4 is 4.74 Å². The molecule has 1 aromatic carbocycles. The number of carbonyl (C=O) groups is 1. The van der Waals surface area contributed by atoms with E-state index < -0.39 is 34.9 Å². The van der Waals surface area contributed by atoms with Crippen LogP contribution in [0.5, 0.6) is 5.75 Å². The number of carboxylic acids is 1. The Morgan fingerprint density at radius 1 is 1.42 bits per heavy atom. The summed E-state index contributed by atoms with van der Waals surface area (Å²) in [6.07, 6.45) is -4.97. The van der Waals surface area contributed by atoms with E-state index >= 15 is 0 Å². The van der Waals surface area contributed by atoms with Gasteiger partial charge in [-0.1, -0.05) is 0 Å². The van der Waals surface area contributed by atoms with Crippen molar-refractivity contribution in [3.63, 3.8) is 0 Å². The van der Waals surface area contributed by atoms with Gasteiger partial charge >= 0.3 is 12.3 Å². The molecule has 1 unspecified atom stereocenters. The lowest BCUT2D eigenvalue weighted by Gasteiger charge is -2.14. The van der Waals surface area contributed by atoms with E-state index in [1.54, 1.807) is 0 Å². The molecule has 0 aliphatic carbocycles. The van der Waals surface area contributed by atoms with Crippen LogP contribution in [0.15, 0.2) is 12.1 Å². The Morgan fingerprint density at radius 3 is 2.42 bits per heavy atom. The summed E-state index contributed by atoms with van der Waals surface area (Å²) >= 11 is -2.42. The monoisotopic (exact) mass is 298 g/mol. The highest BCUT2D eigenvalue weighted by Gasteiger charge is 2.32. The summed E-state index contributed by atoms with van der Waals surface area (Å²) in [5.74, 6) is -2.69. The molecule has 5 nitrogen and oxygen atoms in total. The minimum absolute atomic E-state index is 0.0548. The molecule has 0 aliphatic rings. The molecule has 0 saturated carbocycles. The zero-order valence-electron chi connectivity index (χ0n) is 9.52. The summed E-state index contributed by atoms with van der Waals surface area (Å²) in [6.45, 7) is 1.30. The van der Waals surface area contributed by atoms with Crippen LogP contribution >= 0.6 is 0 Å². The molecule has 0 bridgehead atoms. The van der Waals surface area contributed by atoms with Crippen molar-refractivity contribution in [2.24, 2.45) is 0 Å². The number of alkyl halides is 3. The number of aryl methyl sites for hydroxylation is 1. The van der Waals surface area contributed by atoms with Crippen molar-refractivity contribution in [3.8, 4) is 5.75 Å². The predicted molar refractivity (Wildman–Crippen MR) is 59.3 cm³/mol. The van der Waals surface area contributed by atoms with Gasteiger partial charge in [-0.3, -0.25) is 0 Å². The molecule has 19 heavy (non-hydrogen) atoms. The maximum absolute atomic E-state index is 12.2. The van der Waals surface area contributed by atoms with Crippen LogP contribution in [0.4, 0.5) is 13.2 Å². The molecule has 106 valence electrons. The van der Waals surface area contributed by atoms with Crippen molar-refractivity contribution in [1.82, 2.24) is 0 Å². The zero-order valence-corrected chi connectivity index (χ0v) is 10.3. The molecule has 1 rings (SSSR count). The largest absolute Gasteiger partial charge is 0.573 e. The molecule has 1 aromatic rings. The average Bonchev–Trinajstić information content (AvgIpc) is 2.18. The van der Waals surface area contributed by atoms with E-state index in [4.69, 9.17) is 9.66 Å². The second-order valence-electron chi connectivity index (χ2n) is 3.59. The summed E-state index contributed by atoms with van der Waals surface area (Å²) in [5.41, 5.74) is -0.504. The fourth-order valence-corrected chi connectivity index (χ4v) is 1.91. The second-order valence-corrected chi connectivity index (χ2v) is 4.53. The van der Waals surface area contributed by atoms with E-state index in [1.165, 1.54) is 6.92 Å². The van der Waals surface area contributed by atoms with Gasteiger partial charge in [0.25, 0.3) is 0 Å². The lowest BCUT2D eigenvalue weighted by Crippen LogP contribution is -2.19. The van der Waals surface area contributed by atoms with E-state index in [2.05, 4.69) is 4.74 Å². The SMILES string of the molecule is Cc1cc(OC(F)(F)F)c(CS(=O)O)cc1C(=O)O. The first kappa shape index (κ1) is 15.4. The molecule has 1 atom stereocenters. The number of hydrogen-bond acceptors (Lipinski definition) is 3. The fourth-order valence-electron chi connectivity index (χ4n) is 1.42. The Morgan fingerprint density at radius 2 is 2.00 bits per heavy atom. The second kappa shape index (κ2) is 5.57. The number of benzene rings is 1. The first-order valence-corrected chi connectivity index (χ1v) is 6.07. The highest BCUT2D eigenvalue weighted by molar-refractivity contribution is 7.78. The highest BCUT2D eigenvalue weighted by atomic mass is 32.2. The standard InChI is InChI=1S/C10H9F3O5S/c1-5-2-8(18-10(11,12)13)6(4-19(16)17)3-7(5)9(14)15/h2-3H,4H2,1H3,(H,14,15)(H,16,17). The molecule has 9 heteroatoms. The molecule has 0 spiro atoms. The Kier molecular flexibility index (Phi) is 4.53. The van der Waals surface area contributed by atoms with Gasteiger partial charge in [0.2, 0.25) is 0 Å². The van der Waals surface area contributed by atoms with E-state index in [0.29, 0.717) is 0 Å². The average molecular weight is 298 g/mol. The predicted octanol–water partition coefficient (Wildman–Crippen LogP) is 2.31. The van der Waals surface area contributed by atoms with Gasteiger partial charge in [0.1, 0.15) is 5.75 Å². The maximum atomic E-state index is 12.2. The van der Waals surface area contributed by atoms with Crippen molar-refractivity contribution in [1.29, 1.82) is 0 Å². The third-order valence-corrected chi connectivity index (χ3v) is 2.70. The summed E-state index contributed by atoms with van der Waals surface area (Å²) < 4.78 is 59.6. The van der Waals surface area contributed by atoms with Crippen LogP contribution in [0.1, 0.15) is 21.5 Å². The number of aromatic carboxylic acids is 1. The van der Waals surface area contributed by atoms with Crippen LogP contribution in [-0.2, 0) is 16.8 Å². The van der Waals surface area contributed by atoms with Crippen molar-refractivity contribution in [2.45, 2.75) is 19.0 Å². The van der Waals surface area contributed by atoms with Gasteiger partial charge in [-0.2, -0.15) is 0 Å². The van der Waals surface area contributed by atoms with Crippen molar-refractivity contribution < 1.29 is 36.6 Å². The number of carboxylic acid groups (broad SMARTS) is 1. The third kappa shape index (κ3) is 4.52. The smallest absolute Gasteiger partial charge is 0.478 e. The Bertz CT molecular complexity index is 527. The van der Waals surface area contributed by atoms with Crippen LogP contribution in [0, 0.1) is 6.92 Å².